The van der Waals surface area contributed by atoms with Crippen molar-refractivity contribution in [3.63, 3.8) is 0 Å². The van der Waals surface area contributed by atoms with E-state index in [4.69, 9.17) is 4.98 Å². The maximum Gasteiger partial charge on any atom is 0.317 e. The molecule has 5 nitrogen and oxygen atoms in total. The number of carbonyl (C=O) groups excluding carboxylic acids is 1. The minimum Gasteiger partial charge on any atom is -0.335 e. The summed E-state index contributed by atoms with van der Waals surface area (Å²) in [5, 5.41) is 3.18. The molecule has 1 unspecified atom stereocenters. The topological polar surface area (TPSA) is 58.1 Å². The van der Waals surface area contributed by atoms with Gasteiger partial charge in [-0.2, -0.15) is 0 Å². The highest BCUT2D eigenvalue weighted by Gasteiger charge is 2.26. The van der Waals surface area contributed by atoms with Crippen molar-refractivity contribution in [3.05, 3.63) is 60.6 Å². The van der Waals surface area contributed by atoms with Gasteiger partial charge in [0.05, 0.1) is 5.69 Å². The predicted octanol–water partition coefficient (Wildman–Crippen LogP) is 4.14. The first-order chi connectivity index (χ1) is 13.3. The second-order valence-corrected chi connectivity index (χ2v) is 7.36. The van der Waals surface area contributed by atoms with Crippen molar-refractivity contribution in [2.24, 2.45) is 0 Å². The van der Waals surface area contributed by atoms with Gasteiger partial charge in [0, 0.05) is 36.8 Å². The Morgan fingerprint density at radius 1 is 1.04 bits per heavy atom. The summed E-state index contributed by atoms with van der Waals surface area (Å²) >= 11 is 0. The van der Waals surface area contributed by atoms with Gasteiger partial charge < -0.3 is 10.2 Å². The SMILES string of the molecule is O=C(NC1CC=CCC1)N1CCC(c2nccc(-c3ccccc3)n2)CC1. The monoisotopic (exact) mass is 362 g/mol. The molecule has 4 rings (SSSR count). The van der Waals surface area contributed by atoms with Crippen LogP contribution < -0.4 is 5.32 Å². The van der Waals surface area contributed by atoms with Gasteiger partial charge in [0.1, 0.15) is 5.82 Å². The summed E-state index contributed by atoms with van der Waals surface area (Å²) in [7, 11) is 0. The van der Waals surface area contributed by atoms with Crippen LogP contribution in [0.4, 0.5) is 4.79 Å². The fourth-order valence-corrected chi connectivity index (χ4v) is 3.87. The molecule has 1 fully saturated rings. The number of hydrogen-bond acceptors (Lipinski definition) is 3. The Hall–Kier alpha value is -2.69. The fraction of sp³-hybridized carbons (Fsp3) is 0.409. The molecule has 0 spiro atoms. The number of urea groups is 1. The number of likely N-dealkylation sites (tertiary alicyclic amines) is 1. The number of amides is 2. The Morgan fingerprint density at radius 3 is 2.59 bits per heavy atom. The van der Waals surface area contributed by atoms with E-state index in [0.29, 0.717) is 5.92 Å². The molecule has 2 amide bonds. The van der Waals surface area contributed by atoms with Crippen molar-refractivity contribution in [1.29, 1.82) is 0 Å². The molecule has 1 N–H and O–H groups in total. The van der Waals surface area contributed by atoms with Gasteiger partial charge in [-0.1, -0.05) is 42.5 Å². The summed E-state index contributed by atoms with van der Waals surface area (Å²) in [4.78, 5) is 23.8. The summed E-state index contributed by atoms with van der Waals surface area (Å²) < 4.78 is 0. The molecular weight excluding hydrogens is 336 g/mol. The fourth-order valence-electron chi connectivity index (χ4n) is 3.87. The Morgan fingerprint density at radius 2 is 1.85 bits per heavy atom. The van der Waals surface area contributed by atoms with Gasteiger partial charge in [0.2, 0.25) is 0 Å². The van der Waals surface area contributed by atoms with Gasteiger partial charge in [-0.25, -0.2) is 14.8 Å². The Balaban J connectivity index is 1.35. The predicted molar refractivity (Wildman–Crippen MR) is 106 cm³/mol. The maximum atomic E-state index is 12.5. The van der Waals surface area contributed by atoms with E-state index < -0.39 is 0 Å². The molecule has 27 heavy (non-hydrogen) atoms. The van der Waals surface area contributed by atoms with Crippen LogP contribution in [0.1, 0.15) is 43.8 Å². The first-order valence-electron chi connectivity index (χ1n) is 9.88. The molecular formula is C22H26N4O. The first kappa shape index (κ1) is 17.7. The minimum absolute atomic E-state index is 0.0766. The summed E-state index contributed by atoms with van der Waals surface area (Å²) in [5.74, 6) is 1.21. The number of benzene rings is 1. The van der Waals surface area contributed by atoms with Crippen LogP contribution in [0.5, 0.6) is 0 Å². The molecule has 0 bridgehead atoms. The summed E-state index contributed by atoms with van der Waals surface area (Å²) in [6.45, 7) is 1.52. The Kier molecular flexibility index (Phi) is 5.47. The first-order valence-corrected chi connectivity index (χ1v) is 9.88. The van der Waals surface area contributed by atoms with Gasteiger partial charge in [0.25, 0.3) is 0 Å². The third-order valence-electron chi connectivity index (χ3n) is 5.49. The third kappa shape index (κ3) is 4.35. The van der Waals surface area contributed by atoms with Crippen LogP contribution >= 0.6 is 0 Å². The van der Waals surface area contributed by atoms with E-state index in [2.05, 4.69) is 34.6 Å². The van der Waals surface area contributed by atoms with Gasteiger partial charge in [-0.15, -0.1) is 0 Å². The highest BCUT2D eigenvalue weighted by molar-refractivity contribution is 5.74. The molecule has 2 heterocycles. The van der Waals surface area contributed by atoms with Crippen molar-refractivity contribution in [2.45, 2.75) is 44.1 Å². The number of rotatable bonds is 3. The van der Waals surface area contributed by atoms with Crippen LogP contribution in [-0.2, 0) is 0 Å². The van der Waals surface area contributed by atoms with Crippen molar-refractivity contribution < 1.29 is 4.79 Å². The van der Waals surface area contributed by atoms with E-state index in [-0.39, 0.29) is 12.1 Å². The zero-order valence-electron chi connectivity index (χ0n) is 15.6. The van der Waals surface area contributed by atoms with E-state index in [1.165, 1.54) is 0 Å². The van der Waals surface area contributed by atoms with Gasteiger partial charge in [0.15, 0.2) is 0 Å². The van der Waals surface area contributed by atoms with Crippen LogP contribution in [0.3, 0.4) is 0 Å². The van der Waals surface area contributed by atoms with Crippen LogP contribution in [0.25, 0.3) is 11.3 Å². The number of hydrogen-bond donors (Lipinski definition) is 1. The number of nitrogens with one attached hydrogen (secondary N) is 1. The van der Waals surface area contributed by atoms with Crippen LogP contribution in [0.2, 0.25) is 0 Å². The number of piperidine rings is 1. The van der Waals surface area contributed by atoms with Crippen molar-refractivity contribution in [3.8, 4) is 11.3 Å². The Labute approximate surface area is 160 Å². The van der Waals surface area contributed by atoms with Crippen LogP contribution in [-0.4, -0.2) is 40.0 Å². The molecule has 1 aliphatic heterocycles. The highest BCUT2D eigenvalue weighted by atomic mass is 16.2. The molecule has 140 valence electrons. The highest BCUT2D eigenvalue weighted by Crippen LogP contribution is 2.27. The number of allylic oxidation sites excluding steroid dienone is 1. The summed E-state index contributed by atoms with van der Waals surface area (Å²) in [5.41, 5.74) is 2.07. The average molecular weight is 362 g/mol. The molecule has 1 aromatic carbocycles. The number of aromatic nitrogens is 2. The zero-order valence-corrected chi connectivity index (χ0v) is 15.6. The standard InChI is InChI=1S/C22H26N4O/c27-22(24-19-9-5-2-6-10-19)26-15-12-18(13-16-26)21-23-14-11-20(25-21)17-7-3-1-4-8-17/h1-5,7-8,11,14,18-19H,6,9-10,12-13,15-16H2,(H,24,27). The van der Waals surface area contributed by atoms with E-state index >= 15 is 0 Å². The third-order valence-corrected chi connectivity index (χ3v) is 5.49. The van der Waals surface area contributed by atoms with Crippen molar-refractivity contribution in [1.82, 2.24) is 20.2 Å². The lowest BCUT2D eigenvalue weighted by atomic mass is 9.95. The van der Waals surface area contributed by atoms with E-state index in [1.54, 1.807) is 0 Å². The van der Waals surface area contributed by atoms with E-state index in [9.17, 15) is 4.79 Å². The molecule has 1 saturated heterocycles. The summed E-state index contributed by atoms with van der Waals surface area (Å²) in [6, 6.07) is 12.5. The van der Waals surface area contributed by atoms with Crippen molar-refractivity contribution in [2.75, 3.05) is 13.1 Å². The molecule has 2 aromatic rings. The number of carbonyl (C=O) groups is 1. The molecule has 1 aliphatic carbocycles. The van der Waals surface area contributed by atoms with Gasteiger partial charge in [-0.05, 0) is 38.2 Å². The quantitative estimate of drug-likeness (QED) is 0.835. The van der Waals surface area contributed by atoms with Gasteiger partial charge >= 0.3 is 6.03 Å². The Bertz CT molecular complexity index is 797. The average Bonchev–Trinajstić information content (AvgIpc) is 2.75. The minimum atomic E-state index is 0.0766. The molecule has 5 heteroatoms. The molecule has 1 aromatic heterocycles. The lowest BCUT2D eigenvalue weighted by Gasteiger charge is -2.33. The van der Waals surface area contributed by atoms with E-state index in [1.807, 2.05) is 35.4 Å². The molecule has 1 atom stereocenters. The lowest BCUT2D eigenvalue weighted by molar-refractivity contribution is 0.176. The smallest absolute Gasteiger partial charge is 0.317 e. The van der Waals surface area contributed by atoms with Crippen LogP contribution in [0.15, 0.2) is 54.7 Å². The normalized spacial score (nSPS) is 20.4. The van der Waals surface area contributed by atoms with Crippen LogP contribution in [0, 0.1) is 0 Å². The second-order valence-electron chi connectivity index (χ2n) is 7.36. The second kappa shape index (κ2) is 8.33. The van der Waals surface area contributed by atoms with E-state index in [0.717, 1.165) is 62.3 Å². The summed E-state index contributed by atoms with van der Waals surface area (Å²) in [6.07, 6.45) is 11.1. The molecule has 2 aliphatic rings. The van der Waals surface area contributed by atoms with Crippen molar-refractivity contribution >= 4 is 6.03 Å². The number of nitrogens with zero attached hydrogens (tertiary/aromatic N) is 3. The largest absolute Gasteiger partial charge is 0.335 e. The lowest BCUT2D eigenvalue weighted by Crippen LogP contribution is -2.47. The van der Waals surface area contributed by atoms with Gasteiger partial charge in [-0.3, -0.25) is 0 Å². The zero-order chi connectivity index (χ0) is 18.5. The maximum absolute atomic E-state index is 12.5. The molecule has 0 saturated carbocycles. The molecule has 0 radical (unpaired) electrons.